The molecule has 0 unspecified atom stereocenters. The quantitative estimate of drug-likeness (QED) is 0.944. The monoisotopic (exact) mass is 297 g/mol. The molecule has 1 saturated heterocycles. The van der Waals surface area contributed by atoms with Crippen molar-refractivity contribution >= 4 is 5.91 Å². The first-order chi connectivity index (χ1) is 10.7. The Morgan fingerprint density at radius 3 is 2.68 bits per heavy atom. The highest BCUT2D eigenvalue weighted by atomic mass is 16.5. The van der Waals surface area contributed by atoms with Crippen LogP contribution in [0, 0.1) is 0 Å². The maximum Gasteiger partial charge on any atom is 0.257 e. The highest BCUT2D eigenvalue weighted by molar-refractivity contribution is 5.97. The number of rotatable bonds is 3. The van der Waals surface area contributed by atoms with E-state index >= 15 is 0 Å². The van der Waals surface area contributed by atoms with Gasteiger partial charge in [0.2, 0.25) is 0 Å². The Hall–Kier alpha value is -2.40. The molecule has 1 amide bonds. The zero-order valence-electron chi connectivity index (χ0n) is 12.3. The molecule has 0 saturated carbocycles. The number of nitrogens with two attached hydrogens (primary N) is 1. The molecule has 5 nitrogen and oxygen atoms in total. The van der Waals surface area contributed by atoms with E-state index in [1.165, 1.54) is 0 Å². The van der Waals surface area contributed by atoms with Crippen LogP contribution in [0.15, 0.2) is 48.8 Å². The first kappa shape index (κ1) is 14.5. The van der Waals surface area contributed by atoms with Crippen molar-refractivity contribution in [2.45, 2.75) is 18.9 Å². The van der Waals surface area contributed by atoms with E-state index in [1.807, 2.05) is 23.1 Å². The summed E-state index contributed by atoms with van der Waals surface area (Å²) in [5, 5.41) is 0. The number of carbonyl (C=O) groups is 1. The highest BCUT2D eigenvalue weighted by Gasteiger charge is 2.23. The number of piperidine rings is 1. The molecule has 1 aliphatic rings. The van der Waals surface area contributed by atoms with E-state index in [4.69, 9.17) is 10.5 Å². The third-order valence-electron chi connectivity index (χ3n) is 3.81. The van der Waals surface area contributed by atoms with Crippen molar-refractivity contribution in [3.8, 4) is 11.5 Å². The summed E-state index contributed by atoms with van der Waals surface area (Å²) in [4.78, 5) is 18.6. The topological polar surface area (TPSA) is 68.5 Å². The van der Waals surface area contributed by atoms with Gasteiger partial charge in [0, 0.05) is 25.3 Å². The van der Waals surface area contributed by atoms with Crippen LogP contribution in [0.5, 0.6) is 11.5 Å². The van der Waals surface area contributed by atoms with Crippen LogP contribution in [-0.2, 0) is 0 Å². The van der Waals surface area contributed by atoms with Crippen LogP contribution in [0.25, 0.3) is 0 Å². The zero-order valence-corrected chi connectivity index (χ0v) is 12.3. The van der Waals surface area contributed by atoms with E-state index < -0.39 is 0 Å². The zero-order chi connectivity index (χ0) is 15.4. The number of nitrogens with zero attached hydrogens (tertiary/aromatic N) is 2. The molecule has 0 bridgehead atoms. The molecule has 1 aromatic carbocycles. The SMILES string of the molecule is NC1CCN(C(=O)c2ccccc2Oc2cccnc2)CC1. The van der Waals surface area contributed by atoms with Gasteiger partial charge in [0.25, 0.3) is 5.91 Å². The Balaban J connectivity index is 1.80. The average molecular weight is 297 g/mol. The number of pyridine rings is 1. The van der Waals surface area contributed by atoms with E-state index in [9.17, 15) is 4.79 Å². The number of carbonyl (C=O) groups excluding carboxylic acids is 1. The Morgan fingerprint density at radius 2 is 1.95 bits per heavy atom. The number of hydrogen-bond donors (Lipinski definition) is 1. The average Bonchev–Trinajstić information content (AvgIpc) is 2.56. The predicted molar refractivity (Wildman–Crippen MR) is 83.9 cm³/mol. The van der Waals surface area contributed by atoms with Crippen molar-refractivity contribution in [2.75, 3.05) is 13.1 Å². The first-order valence-electron chi connectivity index (χ1n) is 7.46. The number of para-hydroxylation sites is 1. The van der Waals surface area contributed by atoms with Gasteiger partial charge in [-0.25, -0.2) is 0 Å². The minimum absolute atomic E-state index is 0.00797. The summed E-state index contributed by atoms with van der Waals surface area (Å²) in [5.41, 5.74) is 6.47. The van der Waals surface area contributed by atoms with Crippen LogP contribution in [-0.4, -0.2) is 34.9 Å². The lowest BCUT2D eigenvalue weighted by atomic mass is 10.0. The van der Waals surface area contributed by atoms with Gasteiger partial charge < -0.3 is 15.4 Å². The van der Waals surface area contributed by atoms with Gasteiger partial charge in [0.1, 0.15) is 11.5 Å². The van der Waals surface area contributed by atoms with Crippen molar-refractivity contribution in [3.05, 3.63) is 54.4 Å². The minimum atomic E-state index is -0.00797. The Morgan fingerprint density at radius 1 is 1.18 bits per heavy atom. The first-order valence-corrected chi connectivity index (χ1v) is 7.46. The van der Waals surface area contributed by atoms with Crippen molar-refractivity contribution < 1.29 is 9.53 Å². The number of ether oxygens (including phenoxy) is 1. The summed E-state index contributed by atoms with van der Waals surface area (Å²) in [5.74, 6) is 1.16. The van der Waals surface area contributed by atoms with Crippen LogP contribution < -0.4 is 10.5 Å². The second-order valence-corrected chi connectivity index (χ2v) is 5.42. The largest absolute Gasteiger partial charge is 0.455 e. The molecule has 1 fully saturated rings. The fourth-order valence-corrected chi connectivity index (χ4v) is 2.54. The van der Waals surface area contributed by atoms with Gasteiger partial charge in [-0.05, 0) is 37.1 Å². The number of likely N-dealkylation sites (tertiary alicyclic amines) is 1. The number of amides is 1. The van der Waals surface area contributed by atoms with E-state index in [1.54, 1.807) is 30.6 Å². The van der Waals surface area contributed by atoms with E-state index in [0.717, 1.165) is 12.8 Å². The lowest BCUT2D eigenvalue weighted by Crippen LogP contribution is -2.42. The van der Waals surface area contributed by atoms with Crippen molar-refractivity contribution in [1.82, 2.24) is 9.88 Å². The van der Waals surface area contributed by atoms with Crippen molar-refractivity contribution in [3.63, 3.8) is 0 Å². The molecule has 114 valence electrons. The smallest absolute Gasteiger partial charge is 0.257 e. The molecule has 2 heterocycles. The van der Waals surface area contributed by atoms with Gasteiger partial charge in [-0.1, -0.05) is 12.1 Å². The molecule has 0 spiro atoms. The van der Waals surface area contributed by atoms with Gasteiger partial charge in [-0.2, -0.15) is 0 Å². The maximum atomic E-state index is 12.7. The summed E-state index contributed by atoms with van der Waals surface area (Å²) in [6.07, 6.45) is 5.00. The van der Waals surface area contributed by atoms with E-state index in [2.05, 4.69) is 4.98 Å². The fourth-order valence-electron chi connectivity index (χ4n) is 2.54. The highest BCUT2D eigenvalue weighted by Crippen LogP contribution is 2.26. The molecule has 22 heavy (non-hydrogen) atoms. The molecule has 2 N–H and O–H groups in total. The summed E-state index contributed by atoms with van der Waals surface area (Å²) < 4.78 is 5.81. The van der Waals surface area contributed by atoms with Crippen LogP contribution in [0.3, 0.4) is 0 Å². The molecule has 1 aliphatic heterocycles. The van der Waals surface area contributed by atoms with Gasteiger partial charge >= 0.3 is 0 Å². The Kier molecular flexibility index (Phi) is 4.34. The van der Waals surface area contributed by atoms with Crippen LogP contribution in [0.4, 0.5) is 0 Å². The fraction of sp³-hybridized carbons (Fsp3) is 0.294. The van der Waals surface area contributed by atoms with E-state index in [-0.39, 0.29) is 11.9 Å². The van der Waals surface area contributed by atoms with Crippen LogP contribution in [0.1, 0.15) is 23.2 Å². The molecule has 3 rings (SSSR count). The second kappa shape index (κ2) is 6.58. The van der Waals surface area contributed by atoms with Gasteiger partial charge in [0.05, 0.1) is 11.8 Å². The molecule has 0 aliphatic carbocycles. The van der Waals surface area contributed by atoms with Crippen LogP contribution in [0.2, 0.25) is 0 Å². The van der Waals surface area contributed by atoms with Gasteiger partial charge in [-0.15, -0.1) is 0 Å². The molecule has 2 aromatic rings. The molecular weight excluding hydrogens is 278 g/mol. The number of aromatic nitrogens is 1. The van der Waals surface area contributed by atoms with Crippen molar-refractivity contribution in [1.29, 1.82) is 0 Å². The molecule has 0 atom stereocenters. The molecule has 0 radical (unpaired) electrons. The lowest BCUT2D eigenvalue weighted by Gasteiger charge is -2.30. The third-order valence-corrected chi connectivity index (χ3v) is 3.81. The molecule has 5 heteroatoms. The lowest BCUT2D eigenvalue weighted by molar-refractivity contribution is 0.0712. The van der Waals surface area contributed by atoms with Gasteiger partial charge in [0.15, 0.2) is 0 Å². The van der Waals surface area contributed by atoms with E-state index in [0.29, 0.717) is 30.2 Å². The molecule has 1 aromatic heterocycles. The number of hydrogen-bond acceptors (Lipinski definition) is 4. The molecular formula is C17H19N3O2. The maximum absolute atomic E-state index is 12.7. The Bertz CT molecular complexity index is 637. The van der Waals surface area contributed by atoms with Crippen molar-refractivity contribution in [2.24, 2.45) is 5.73 Å². The number of benzene rings is 1. The predicted octanol–water partition coefficient (Wildman–Crippen LogP) is 2.44. The summed E-state index contributed by atoms with van der Waals surface area (Å²) >= 11 is 0. The summed E-state index contributed by atoms with van der Waals surface area (Å²) in [7, 11) is 0. The second-order valence-electron chi connectivity index (χ2n) is 5.42. The van der Waals surface area contributed by atoms with Gasteiger partial charge in [-0.3, -0.25) is 9.78 Å². The summed E-state index contributed by atoms with van der Waals surface area (Å²) in [6.45, 7) is 1.39. The summed E-state index contributed by atoms with van der Waals surface area (Å²) in [6, 6.07) is 11.1. The Labute approximate surface area is 129 Å². The standard InChI is InChI=1S/C17H19N3O2/c18-13-7-10-20(11-8-13)17(21)15-5-1-2-6-16(15)22-14-4-3-9-19-12-14/h1-6,9,12-13H,7-8,10-11,18H2. The third kappa shape index (κ3) is 3.26. The minimum Gasteiger partial charge on any atom is -0.455 e. The normalized spacial score (nSPS) is 15.6. The van der Waals surface area contributed by atoms with Crippen LogP contribution >= 0.6 is 0 Å².